The molecule has 0 spiro atoms. The molecule has 0 aliphatic rings. The molecule has 2 atom stereocenters. The van der Waals surface area contributed by atoms with Gasteiger partial charge in [-0.1, -0.05) is 19.1 Å². The number of nitrogens with one attached hydrogen (secondary N) is 1. The van der Waals surface area contributed by atoms with Crippen molar-refractivity contribution in [2.75, 3.05) is 5.88 Å². The number of amides is 1. The third-order valence-electron chi connectivity index (χ3n) is 2.87. The van der Waals surface area contributed by atoms with Crippen LogP contribution < -0.4 is 5.32 Å². The average Bonchev–Trinajstić information content (AvgIpc) is 2.33. The van der Waals surface area contributed by atoms with E-state index in [-0.39, 0.29) is 29.9 Å². The molecule has 0 heterocycles. The molecule has 2 unspecified atom stereocenters. The molecule has 1 N–H and O–H groups in total. The lowest BCUT2D eigenvalue weighted by molar-refractivity contribution is -0.121. The number of hydrogen-bond donors (Lipinski definition) is 1. The second-order valence-corrected chi connectivity index (χ2v) is 4.69. The zero-order valence-electron chi connectivity index (χ0n) is 10.3. The second-order valence-electron chi connectivity index (χ2n) is 4.38. The van der Waals surface area contributed by atoms with Crippen molar-refractivity contribution in [3.05, 3.63) is 35.4 Å². The SMILES string of the molecule is CC(CCl)C(C)NC(=O)Cc1cccc(F)c1F. The topological polar surface area (TPSA) is 29.1 Å². The Hall–Kier alpha value is -1.16. The molecule has 0 aromatic heterocycles. The zero-order chi connectivity index (χ0) is 13.7. The van der Waals surface area contributed by atoms with Gasteiger partial charge in [0.05, 0.1) is 6.42 Å². The summed E-state index contributed by atoms with van der Waals surface area (Å²) in [6.45, 7) is 3.73. The molecule has 0 bridgehead atoms. The van der Waals surface area contributed by atoms with Crippen molar-refractivity contribution in [1.82, 2.24) is 5.32 Å². The highest BCUT2D eigenvalue weighted by Gasteiger charge is 2.16. The Labute approximate surface area is 110 Å². The number of alkyl halides is 1. The summed E-state index contributed by atoms with van der Waals surface area (Å²) < 4.78 is 26.3. The van der Waals surface area contributed by atoms with Gasteiger partial charge in [-0.05, 0) is 18.9 Å². The quantitative estimate of drug-likeness (QED) is 0.823. The van der Waals surface area contributed by atoms with Crippen LogP contribution in [-0.4, -0.2) is 17.8 Å². The summed E-state index contributed by atoms with van der Waals surface area (Å²) in [5.74, 6) is -1.71. The summed E-state index contributed by atoms with van der Waals surface area (Å²) in [6, 6.07) is 3.70. The average molecular weight is 276 g/mol. The van der Waals surface area contributed by atoms with Gasteiger partial charge in [0.1, 0.15) is 0 Å². The van der Waals surface area contributed by atoms with Gasteiger partial charge in [-0.3, -0.25) is 4.79 Å². The van der Waals surface area contributed by atoms with Crippen LogP contribution in [0, 0.1) is 17.6 Å². The fraction of sp³-hybridized carbons (Fsp3) is 0.462. The van der Waals surface area contributed by atoms with E-state index in [1.54, 1.807) is 0 Å². The molecule has 18 heavy (non-hydrogen) atoms. The van der Waals surface area contributed by atoms with Crippen molar-refractivity contribution in [2.45, 2.75) is 26.3 Å². The van der Waals surface area contributed by atoms with Crippen molar-refractivity contribution in [1.29, 1.82) is 0 Å². The largest absolute Gasteiger partial charge is 0.353 e. The van der Waals surface area contributed by atoms with Crippen LogP contribution in [0.2, 0.25) is 0 Å². The van der Waals surface area contributed by atoms with E-state index >= 15 is 0 Å². The van der Waals surface area contributed by atoms with Crippen LogP contribution in [0.25, 0.3) is 0 Å². The Kier molecular flexibility index (Phi) is 5.54. The first-order valence-corrected chi connectivity index (χ1v) is 6.27. The molecule has 0 aliphatic carbocycles. The summed E-state index contributed by atoms with van der Waals surface area (Å²) in [5, 5.41) is 2.71. The molecule has 0 saturated carbocycles. The summed E-state index contributed by atoms with van der Waals surface area (Å²) in [4.78, 5) is 11.7. The lowest BCUT2D eigenvalue weighted by Crippen LogP contribution is -2.38. The van der Waals surface area contributed by atoms with Crippen LogP contribution in [0.4, 0.5) is 8.78 Å². The van der Waals surface area contributed by atoms with Crippen LogP contribution >= 0.6 is 11.6 Å². The van der Waals surface area contributed by atoms with Gasteiger partial charge in [0.15, 0.2) is 11.6 Å². The van der Waals surface area contributed by atoms with E-state index in [4.69, 9.17) is 11.6 Å². The van der Waals surface area contributed by atoms with E-state index in [1.165, 1.54) is 12.1 Å². The molecule has 1 aromatic rings. The van der Waals surface area contributed by atoms with E-state index in [0.717, 1.165) is 6.07 Å². The number of hydrogen-bond acceptors (Lipinski definition) is 1. The summed E-state index contributed by atoms with van der Waals surface area (Å²) in [5.41, 5.74) is 0.0539. The minimum atomic E-state index is -0.967. The molecule has 0 radical (unpaired) electrons. The normalized spacial score (nSPS) is 14.1. The van der Waals surface area contributed by atoms with Crippen molar-refractivity contribution in [3.63, 3.8) is 0 Å². The molecule has 100 valence electrons. The predicted octanol–water partition coefficient (Wildman–Crippen LogP) is 2.89. The van der Waals surface area contributed by atoms with E-state index in [9.17, 15) is 13.6 Å². The fourth-order valence-electron chi connectivity index (χ4n) is 1.44. The van der Waals surface area contributed by atoms with Gasteiger partial charge in [0.2, 0.25) is 5.91 Å². The van der Waals surface area contributed by atoms with Crippen molar-refractivity contribution < 1.29 is 13.6 Å². The third kappa shape index (κ3) is 3.95. The van der Waals surface area contributed by atoms with Crippen molar-refractivity contribution in [3.8, 4) is 0 Å². The molecule has 5 heteroatoms. The van der Waals surface area contributed by atoms with Gasteiger partial charge in [0, 0.05) is 17.5 Å². The zero-order valence-corrected chi connectivity index (χ0v) is 11.1. The Morgan fingerprint density at radius 2 is 2.06 bits per heavy atom. The molecular weight excluding hydrogens is 260 g/mol. The van der Waals surface area contributed by atoms with Crippen molar-refractivity contribution >= 4 is 17.5 Å². The van der Waals surface area contributed by atoms with Crippen LogP contribution in [0.15, 0.2) is 18.2 Å². The third-order valence-corrected chi connectivity index (χ3v) is 3.35. The Bertz CT molecular complexity index is 425. The minimum Gasteiger partial charge on any atom is -0.353 e. The Balaban J connectivity index is 2.62. The van der Waals surface area contributed by atoms with E-state index in [1.807, 2.05) is 13.8 Å². The molecule has 1 amide bonds. The lowest BCUT2D eigenvalue weighted by Gasteiger charge is -2.19. The number of halogens is 3. The van der Waals surface area contributed by atoms with Crippen LogP contribution in [0.3, 0.4) is 0 Å². The first-order chi connectivity index (χ1) is 8.45. The molecule has 0 fully saturated rings. The van der Waals surface area contributed by atoms with Gasteiger partial charge < -0.3 is 5.32 Å². The maximum Gasteiger partial charge on any atom is 0.224 e. The lowest BCUT2D eigenvalue weighted by atomic mass is 10.1. The van der Waals surface area contributed by atoms with Gasteiger partial charge in [-0.25, -0.2) is 8.78 Å². The van der Waals surface area contributed by atoms with Crippen molar-refractivity contribution in [2.24, 2.45) is 5.92 Å². The Morgan fingerprint density at radius 3 is 2.67 bits per heavy atom. The summed E-state index contributed by atoms with van der Waals surface area (Å²) >= 11 is 5.68. The molecule has 2 nitrogen and oxygen atoms in total. The van der Waals surface area contributed by atoms with Gasteiger partial charge >= 0.3 is 0 Å². The molecular formula is C13H16ClF2NO. The number of carbonyl (C=O) groups is 1. The van der Waals surface area contributed by atoms with E-state index in [0.29, 0.717) is 5.88 Å². The van der Waals surface area contributed by atoms with E-state index in [2.05, 4.69) is 5.32 Å². The first-order valence-electron chi connectivity index (χ1n) is 5.74. The van der Waals surface area contributed by atoms with Crippen LogP contribution in [-0.2, 0) is 11.2 Å². The van der Waals surface area contributed by atoms with Gasteiger partial charge in [-0.15, -0.1) is 11.6 Å². The van der Waals surface area contributed by atoms with E-state index < -0.39 is 11.6 Å². The maximum absolute atomic E-state index is 13.3. The van der Waals surface area contributed by atoms with Gasteiger partial charge in [-0.2, -0.15) is 0 Å². The second kappa shape index (κ2) is 6.69. The Morgan fingerprint density at radius 1 is 1.39 bits per heavy atom. The van der Waals surface area contributed by atoms with Crippen LogP contribution in [0.1, 0.15) is 19.4 Å². The molecule has 0 aliphatic heterocycles. The smallest absolute Gasteiger partial charge is 0.224 e. The summed E-state index contributed by atoms with van der Waals surface area (Å²) in [7, 11) is 0. The monoisotopic (exact) mass is 275 g/mol. The minimum absolute atomic E-state index is 0.0539. The highest BCUT2D eigenvalue weighted by atomic mass is 35.5. The number of carbonyl (C=O) groups excluding carboxylic acids is 1. The number of benzene rings is 1. The first kappa shape index (κ1) is 14.9. The molecule has 0 saturated heterocycles. The molecule has 1 aromatic carbocycles. The highest BCUT2D eigenvalue weighted by molar-refractivity contribution is 6.18. The molecule has 1 rings (SSSR count). The van der Waals surface area contributed by atoms with Crippen LogP contribution in [0.5, 0.6) is 0 Å². The van der Waals surface area contributed by atoms with Gasteiger partial charge in [0.25, 0.3) is 0 Å². The standard InChI is InChI=1S/C13H16ClF2NO/c1-8(7-14)9(2)17-12(18)6-10-4-3-5-11(15)13(10)16/h3-5,8-9H,6-7H2,1-2H3,(H,17,18). The highest BCUT2D eigenvalue weighted by Crippen LogP contribution is 2.12. The summed E-state index contributed by atoms with van der Waals surface area (Å²) in [6.07, 6.45) is -0.178. The predicted molar refractivity (Wildman–Crippen MR) is 67.6 cm³/mol. The maximum atomic E-state index is 13.3. The fourth-order valence-corrected chi connectivity index (χ4v) is 1.71. The number of rotatable bonds is 5.